The smallest absolute Gasteiger partial charge is 0.191 e. The Morgan fingerprint density at radius 1 is 1.35 bits per heavy atom. The molecule has 1 aliphatic rings. The van der Waals surface area contributed by atoms with Gasteiger partial charge in [0.1, 0.15) is 11.9 Å². The summed E-state index contributed by atoms with van der Waals surface area (Å²) in [5.41, 5.74) is 0.990. The molecule has 1 aromatic carbocycles. The maximum Gasteiger partial charge on any atom is 0.191 e. The van der Waals surface area contributed by atoms with Gasteiger partial charge in [0.15, 0.2) is 5.78 Å². The van der Waals surface area contributed by atoms with Gasteiger partial charge in [0.2, 0.25) is 0 Å². The van der Waals surface area contributed by atoms with E-state index in [1.54, 1.807) is 19.1 Å². The summed E-state index contributed by atoms with van der Waals surface area (Å²) in [4.78, 5) is 12.6. The third kappa shape index (κ3) is 3.45. The number of rotatable bonds is 5. The van der Waals surface area contributed by atoms with Crippen LogP contribution in [-0.2, 0) is 4.74 Å². The number of Topliss-reactive ketones (excluding diaryl/α,β-unsaturated/α-hetero) is 1. The lowest BCUT2D eigenvalue weighted by Gasteiger charge is -2.29. The number of halogens is 1. The minimum Gasteiger partial charge on any atom is -0.370 e. The van der Waals surface area contributed by atoms with Gasteiger partial charge in [-0.3, -0.25) is 4.79 Å². The van der Waals surface area contributed by atoms with Crippen molar-refractivity contribution < 1.29 is 13.9 Å². The first kappa shape index (κ1) is 15.2. The molecule has 1 aromatic rings. The van der Waals surface area contributed by atoms with Crippen LogP contribution in [0.5, 0.6) is 0 Å². The van der Waals surface area contributed by atoms with Gasteiger partial charge in [-0.15, -0.1) is 0 Å². The number of aryl methyl sites for hydroxylation is 1. The van der Waals surface area contributed by atoms with Crippen LogP contribution in [0.2, 0.25) is 0 Å². The molecule has 0 aromatic heterocycles. The predicted octanol–water partition coefficient (Wildman–Crippen LogP) is 4.30. The molecule has 0 aliphatic heterocycles. The zero-order valence-corrected chi connectivity index (χ0v) is 12.3. The molecule has 0 N–H and O–H groups in total. The second kappa shape index (κ2) is 6.98. The van der Waals surface area contributed by atoms with Gasteiger partial charge < -0.3 is 4.74 Å². The number of carbonyl (C=O) groups is 1. The van der Waals surface area contributed by atoms with E-state index in [2.05, 4.69) is 0 Å². The van der Waals surface area contributed by atoms with Gasteiger partial charge in [-0.25, -0.2) is 4.39 Å². The van der Waals surface area contributed by atoms with Crippen molar-refractivity contribution in [3.8, 4) is 0 Å². The summed E-state index contributed by atoms with van der Waals surface area (Å²) in [6, 6.07) is 4.70. The lowest BCUT2D eigenvalue weighted by molar-refractivity contribution is 0.0126. The minimum absolute atomic E-state index is 0.0716. The van der Waals surface area contributed by atoms with Crippen LogP contribution in [0.25, 0.3) is 0 Å². The molecular weight excluding hydrogens is 255 g/mol. The summed E-state index contributed by atoms with van der Waals surface area (Å²) in [5.74, 6) is -0.118. The molecule has 110 valence electrons. The highest BCUT2D eigenvalue weighted by molar-refractivity contribution is 5.99. The Labute approximate surface area is 120 Å². The van der Waals surface area contributed by atoms with E-state index in [4.69, 9.17) is 4.74 Å². The summed E-state index contributed by atoms with van der Waals surface area (Å²) in [6.45, 7) is 4.12. The molecule has 2 rings (SSSR count). The maximum absolute atomic E-state index is 13.6. The van der Waals surface area contributed by atoms with E-state index >= 15 is 0 Å². The predicted molar refractivity (Wildman–Crippen MR) is 77.5 cm³/mol. The summed E-state index contributed by atoms with van der Waals surface area (Å²) < 4.78 is 19.3. The number of ketones is 1. The fourth-order valence-electron chi connectivity index (χ4n) is 2.95. The summed E-state index contributed by atoms with van der Waals surface area (Å²) >= 11 is 0. The van der Waals surface area contributed by atoms with Gasteiger partial charge in [-0.2, -0.15) is 0 Å². The SMILES string of the molecule is CCOC(C(=O)c1ccc(C)c(F)c1)C1CCCCC1. The lowest BCUT2D eigenvalue weighted by Crippen LogP contribution is -2.34. The molecule has 1 fully saturated rings. The van der Waals surface area contributed by atoms with Crippen molar-refractivity contribution in [2.45, 2.75) is 52.1 Å². The average molecular weight is 278 g/mol. The lowest BCUT2D eigenvalue weighted by atomic mass is 9.82. The summed E-state index contributed by atoms with van der Waals surface area (Å²) in [5, 5.41) is 0. The molecule has 0 amide bonds. The number of benzene rings is 1. The minimum atomic E-state index is -0.414. The monoisotopic (exact) mass is 278 g/mol. The fraction of sp³-hybridized carbons (Fsp3) is 0.588. The van der Waals surface area contributed by atoms with Gasteiger partial charge in [0.05, 0.1) is 0 Å². The second-order valence-corrected chi connectivity index (χ2v) is 5.60. The van der Waals surface area contributed by atoms with Crippen molar-refractivity contribution in [3.05, 3.63) is 35.1 Å². The van der Waals surface area contributed by atoms with Crippen LogP contribution in [0.15, 0.2) is 18.2 Å². The van der Waals surface area contributed by atoms with Crippen molar-refractivity contribution in [2.24, 2.45) is 5.92 Å². The van der Waals surface area contributed by atoms with Crippen LogP contribution in [0, 0.1) is 18.7 Å². The topological polar surface area (TPSA) is 26.3 Å². The van der Waals surface area contributed by atoms with Crippen LogP contribution >= 0.6 is 0 Å². The average Bonchev–Trinajstić information content (AvgIpc) is 2.48. The molecule has 20 heavy (non-hydrogen) atoms. The van der Waals surface area contributed by atoms with E-state index in [1.165, 1.54) is 12.5 Å². The van der Waals surface area contributed by atoms with Crippen molar-refractivity contribution in [2.75, 3.05) is 6.61 Å². The summed E-state index contributed by atoms with van der Waals surface area (Å²) in [7, 11) is 0. The molecule has 1 unspecified atom stereocenters. The maximum atomic E-state index is 13.6. The van der Waals surface area contributed by atoms with Gasteiger partial charge in [-0.1, -0.05) is 31.4 Å². The number of hydrogen-bond acceptors (Lipinski definition) is 2. The van der Waals surface area contributed by atoms with E-state index in [0.717, 1.165) is 25.7 Å². The normalized spacial score (nSPS) is 17.9. The molecule has 0 radical (unpaired) electrons. The molecule has 1 atom stereocenters. The Hall–Kier alpha value is -1.22. The van der Waals surface area contributed by atoms with Gasteiger partial charge >= 0.3 is 0 Å². The standard InChI is InChI=1S/C17H23FO2/c1-3-20-17(13-7-5-4-6-8-13)16(19)14-10-9-12(2)15(18)11-14/h9-11,13,17H,3-8H2,1-2H3. The van der Waals surface area contributed by atoms with E-state index < -0.39 is 6.10 Å². The van der Waals surface area contributed by atoms with Gasteiger partial charge in [0, 0.05) is 12.2 Å². The van der Waals surface area contributed by atoms with Crippen LogP contribution < -0.4 is 0 Å². The molecule has 1 saturated carbocycles. The zero-order chi connectivity index (χ0) is 14.5. The Bertz CT molecular complexity index is 464. The fourth-order valence-corrected chi connectivity index (χ4v) is 2.95. The van der Waals surface area contributed by atoms with E-state index in [1.807, 2.05) is 6.92 Å². The quantitative estimate of drug-likeness (QED) is 0.750. The highest BCUT2D eigenvalue weighted by atomic mass is 19.1. The highest BCUT2D eigenvalue weighted by Crippen LogP contribution is 2.30. The zero-order valence-electron chi connectivity index (χ0n) is 12.3. The number of hydrogen-bond donors (Lipinski definition) is 0. The third-order valence-corrected chi connectivity index (χ3v) is 4.14. The molecule has 0 spiro atoms. The Balaban J connectivity index is 2.18. The summed E-state index contributed by atoms with van der Waals surface area (Å²) in [6.07, 6.45) is 5.20. The first-order valence-electron chi connectivity index (χ1n) is 7.55. The Morgan fingerprint density at radius 3 is 2.65 bits per heavy atom. The molecule has 0 heterocycles. The van der Waals surface area contributed by atoms with Crippen LogP contribution in [0.1, 0.15) is 54.9 Å². The highest BCUT2D eigenvalue weighted by Gasteiger charge is 2.30. The number of ether oxygens (including phenoxy) is 1. The van der Waals surface area contributed by atoms with E-state index in [9.17, 15) is 9.18 Å². The second-order valence-electron chi connectivity index (χ2n) is 5.60. The van der Waals surface area contributed by atoms with Crippen molar-refractivity contribution in [1.29, 1.82) is 0 Å². The Kier molecular flexibility index (Phi) is 5.30. The molecular formula is C17H23FO2. The number of carbonyl (C=O) groups excluding carboxylic acids is 1. The molecule has 0 bridgehead atoms. The van der Waals surface area contributed by atoms with Crippen LogP contribution in [0.4, 0.5) is 4.39 Å². The van der Waals surface area contributed by atoms with Gasteiger partial charge in [-0.05, 0) is 44.2 Å². The largest absolute Gasteiger partial charge is 0.370 e. The first-order valence-corrected chi connectivity index (χ1v) is 7.55. The van der Waals surface area contributed by atoms with Gasteiger partial charge in [0.25, 0.3) is 0 Å². The van der Waals surface area contributed by atoms with Crippen molar-refractivity contribution in [3.63, 3.8) is 0 Å². The molecule has 0 saturated heterocycles. The van der Waals surface area contributed by atoms with E-state index in [0.29, 0.717) is 17.7 Å². The van der Waals surface area contributed by atoms with Crippen LogP contribution in [0.3, 0.4) is 0 Å². The molecule has 2 nitrogen and oxygen atoms in total. The molecule has 1 aliphatic carbocycles. The third-order valence-electron chi connectivity index (χ3n) is 4.14. The van der Waals surface area contributed by atoms with E-state index in [-0.39, 0.29) is 17.5 Å². The Morgan fingerprint density at radius 2 is 2.05 bits per heavy atom. The van der Waals surface area contributed by atoms with Crippen molar-refractivity contribution in [1.82, 2.24) is 0 Å². The van der Waals surface area contributed by atoms with Crippen molar-refractivity contribution >= 4 is 5.78 Å². The first-order chi connectivity index (χ1) is 9.63. The van der Waals surface area contributed by atoms with Crippen LogP contribution in [-0.4, -0.2) is 18.5 Å². The molecule has 3 heteroatoms.